The molecule has 6 heteroatoms. The Labute approximate surface area is 135 Å². The van der Waals surface area contributed by atoms with E-state index in [4.69, 9.17) is 4.74 Å². The lowest BCUT2D eigenvalue weighted by molar-refractivity contribution is -0.168. The molecular weight excluding hydrogens is 302 g/mol. The van der Waals surface area contributed by atoms with Gasteiger partial charge < -0.3 is 14.5 Å². The Bertz CT molecular complexity index is 590. The fourth-order valence-corrected chi connectivity index (χ4v) is 3.43. The third-order valence-corrected chi connectivity index (χ3v) is 4.67. The average molecular weight is 324 g/mol. The van der Waals surface area contributed by atoms with Crippen LogP contribution in [0.25, 0.3) is 0 Å². The average Bonchev–Trinajstić information content (AvgIpc) is 2.47. The Kier molecular flexibility index (Phi) is 4.38. The Morgan fingerprint density at radius 3 is 2.65 bits per heavy atom. The Morgan fingerprint density at radius 2 is 2.09 bits per heavy atom. The minimum Gasteiger partial charge on any atom is -0.371 e. The van der Waals surface area contributed by atoms with Gasteiger partial charge in [0.2, 0.25) is 0 Å². The van der Waals surface area contributed by atoms with Crippen LogP contribution in [-0.2, 0) is 4.74 Å². The van der Waals surface area contributed by atoms with Gasteiger partial charge in [-0.2, -0.15) is 0 Å². The van der Waals surface area contributed by atoms with Gasteiger partial charge in [-0.3, -0.25) is 4.79 Å². The van der Waals surface area contributed by atoms with E-state index in [-0.39, 0.29) is 17.1 Å². The highest BCUT2D eigenvalue weighted by atomic mass is 19.2. The Morgan fingerprint density at radius 1 is 1.35 bits per heavy atom. The van der Waals surface area contributed by atoms with Gasteiger partial charge in [-0.15, -0.1) is 0 Å². The number of benzene rings is 1. The largest absolute Gasteiger partial charge is 0.371 e. The third kappa shape index (κ3) is 3.38. The first-order valence-electron chi connectivity index (χ1n) is 7.92. The second-order valence-corrected chi connectivity index (χ2v) is 6.95. The highest BCUT2D eigenvalue weighted by Gasteiger charge is 2.48. The lowest BCUT2D eigenvalue weighted by atomic mass is 9.82. The zero-order valence-electron chi connectivity index (χ0n) is 13.5. The van der Waals surface area contributed by atoms with Crippen LogP contribution in [0.1, 0.15) is 23.2 Å². The van der Waals surface area contributed by atoms with Crippen LogP contribution < -0.4 is 0 Å². The van der Waals surface area contributed by atoms with Crippen molar-refractivity contribution >= 4 is 5.91 Å². The number of hydrogen-bond donors (Lipinski definition) is 0. The zero-order chi connectivity index (χ0) is 16.6. The zero-order valence-corrected chi connectivity index (χ0v) is 13.5. The lowest BCUT2D eigenvalue weighted by Gasteiger charge is -2.53. The van der Waals surface area contributed by atoms with Crippen molar-refractivity contribution in [2.24, 2.45) is 5.92 Å². The van der Waals surface area contributed by atoms with Crippen LogP contribution >= 0.6 is 0 Å². The van der Waals surface area contributed by atoms with E-state index in [2.05, 4.69) is 19.0 Å². The van der Waals surface area contributed by atoms with Gasteiger partial charge in [0.1, 0.15) is 5.60 Å². The number of hydrogen-bond acceptors (Lipinski definition) is 3. The molecule has 23 heavy (non-hydrogen) atoms. The summed E-state index contributed by atoms with van der Waals surface area (Å²) < 4.78 is 32.2. The predicted octanol–water partition coefficient (Wildman–Crippen LogP) is 2.15. The molecule has 126 valence electrons. The summed E-state index contributed by atoms with van der Waals surface area (Å²) in [6, 6.07) is 3.26. The third-order valence-electron chi connectivity index (χ3n) is 4.67. The second kappa shape index (κ2) is 6.17. The molecule has 1 aromatic carbocycles. The van der Waals surface area contributed by atoms with E-state index >= 15 is 0 Å². The molecule has 2 fully saturated rings. The molecular formula is C17H22F2N2O2. The number of amides is 1. The first kappa shape index (κ1) is 16.3. The molecule has 0 N–H and O–H groups in total. The van der Waals surface area contributed by atoms with Crippen LogP contribution in [0.4, 0.5) is 8.78 Å². The van der Waals surface area contributed by atoms with Gasteiger partial charge in [0, 0.05) is 12.1 Å². The second-order valence-electron chi connectivity index (χ2n) is 6.95. The minimum atomic E-state index is -0.994. The van der Waals surface area contributed by atoms with E-state index in [9.17, 15) is 13.6 Å². The summed E-state index contributed by atoms with van der Waals surface area (Å²) in [5.41, 5.74) is -0.0584. The maximum absolute atomic E-state index is 13.2. The van der Waals surface area contributed by atoms with E-state index < -0.39 is 11.6 Å². The number of halogens is 2. The number of carbonyl (C=O) groups excluding carboxylic acids is 1. The summed E-state index contributed by atoms with van der Waals surface area (Å²) >= 11 is 0. The van der Waals surface area contributed by atoms with Crippen LogP contribution in [0, 0.1) is 17.6 Å². The molecule has 0 aromatic heterocycles. The molecule has 4 nitrogen and oxygen atoms in total. The fourth-order valence-electron chi connectivity index (χ4n) is 3.43. The van der Waals surface area contributed by atoms with Gasteiger partial charge in [-0.05, 0) is 51.1 Å². The summed E-state index contributed by atoms with van der Waals surface area (Å²) in [4.78, 5) is 16.1. The maximum atomic E-state index is 13.2. The molecule has 1 aromatic rings. The summed E-state index contributed by atoms with van der Waals surface area (Å²) in [5, 5.41) is 0. The van der Waals surface area contributed by atoms with Crippen LogP contribution in [0.3, 0.4) is 0 Å². The highest BCUT2D eigenvalue weighted by molar-refractivity contribution is 5.95. The van der Waals surface area contributed by atoms with E-state index in [0.29, 0.717) is 25.6 Å². The van der Waals surface area contributed by atoms with E-state index in [1.54, 1.807) is 4.90 Å². The van der Waals surface area contributed by atoms with Crippen molar-refractivity contribution in [3.05, 3.63) is 35.4 Å². The van der Waals surface area contributed by atoms with Crippen molar-refractivity contribution in [1.82, 2.24) is 9.80 Å². The number of ether oxygens (including phenoxy) is 1. The topological polar surface area (TPSA) is 32.8 Å². The first-order valence-corrected chi connectivity index (χ1v) is 7.92. The Hall–Kier alpha value is -1.53. The number of carbonyl (C=O) groups is 1. The quantitative estimate of drug-likeness (QED) is 0.854. The van der Waals surface area contributed by atoms with Crippen molar-refractivity contribution in [2.75, 3.05) is 40.3 Å². The molecule has 3 rings (SSSR count). The van der Waals surface area contributed by atoms with Gasteiger partial charge in [0.15, 0.2) is 11.6 Å². The first-order chi connectivity index (χ1) is 10.9. The van der Waals surface area contributed by atoms with E-state index in [0.717, 1.165) is 31.5 Å². The standard InChI is InChI=1S/C17H22F2N2O2/c1-20(2)8-12-5-6-17(23-9-12)10-21(11-17)16(22)13-3-4-14(18)15(19)7-13/h3-4,7,12H,5-6,8-11H2,1-2H3. The van der Waals surface area contributed by atoms with E-state index in [1.807, 2.05) is 0 Å². The van der Waals surface area contributed by atoms with Crippen LogP contribution in [-0.4, -0.2) is 61.6 Å². The van der Waals surface area contributed by atoms with Gasteiger partial charge in [-0.25, -0.2) is 8.78 Å². The van der Waals surface area contributed by atoms with Crippen molar-refractivity contribution in [2.45, 2.75) is 18.4 Å². The normalized spacial score (nSPS) is 23.2. The highest BCUT2D eigenvalue weighted by Crippen LogP contribution is 2.36. The van der Waals surface area contributed by atoms with Gasteiger partial charge in [0.25, 0.3) is 5.91 Å². The number of nitrogens with zero attached hydrogens (tertiary/aromatic N) is 2. The van der Waals surface area contributed by atoms with Crippen LogP contribution in [0.5, 0.6) is 0 Å². The van der Waals surface area contributed by atoms with Gasteiger partial charge >= 0.3 is 0 Å². The molecule has 1 atom stereocenters. The predicted molar refractivity (Wildman–Crippen MR) is 82.2 cm³/mol. The summed E-state index contributed by atoms with van der Waals surface area (Å²) in [5.74, 6) is -1.67. The molecule has 2 saturated heterocycles. The summed E-state index contributed by atoms with van der Waals surface area (Å²) in [6.07, 6.45) is 2.03. The van der Waals surface area contributed by atoms with Crippen molar-refractivity contribution in [3.63, 3.8) is 0 Å². The molecule has 0 aliphatic carbocycles. The molecule has 1 unspecified atom stereocenters. The molecule has 0 bridgehead atoms. The van der Waals surface area contributed by atoms with Gasteiger partial charge in [0.05, 0.1) is 19.7 Å². The molecule has 0 saturated carbocycles. The van der Waals surface area contributed by atoms with Crippen LogP contribution in [0.2, 0.25) is 0 Å². The smallest absolute Gasteiger partial charge is 0.254 e. The van der Waals surface area contributed by atoms with E-state index in [1.165, 1.54) is 6.07 Å². The van der Waals surface area contributed by atoms with Crippen molar-refractivity contribution in [1.29, 1.82) is 0 Å². The molecule has 2 aliphatic rings. The lowest BCUT2D eigenvalue weighted by Crippen LogP contribution is -2.66. The molecule has 0 radical (unpaired) electrons. The van der Waals surface area contributed by atoms with Gasteiger partial charge in [-0.1, -0.05) is 0 Å². The maximum Gasteiger partial charge on any atom is 0.254 e. The molecule has 1 amide bonds. The number of likely N-dealkylation sites (tertiary alicyclic amines) is 1. The number of rotatable bonds is 3. The molecule has 2 aliphatic heterocycles. The fraction of sp³-hybridized carbons (Fsp3) is 0.588. The summed E-state index contributed by atoms with van der Waals surface area (Å²) in [6.45, 7) is 2.78. The SMILES string of the molecule is CN(C)CC1CCC2(CN(C(=O)c3ccc(F)c(F)c3)C2)OC1. The summed E-state index contributed by atoms with van der Waals surface area (Å²) in [7, 11) is 4.10. The monoisotopic (exact) mass is 324 g/mol. The van der Waals surface area contributed by atoms with Crippen LogP contribution in [0.15, 0.2) is 18.2 Å². The minimum absolute atomic E-state index is 0.181. The molecule has 1 spiro atoms. The van der Waals surface area contributed by atoms with Crippen molar-refractivity contribution in [3.8, 4) is 0 Å². The molecule has 2 heterocycles. The Balaban J connectivity index is 1.54. The van der Waals surface area contributed by atoms with Crippen molar-refractivity contribution < 1.29 is 18.3 Å².